The number of aromatic nitrogens is 2. The lowest BCUT2D eigenvalue weighted by Crippen LogP contribution is -2.19. The van der Waals surface area contributed by atoms with Gasteiger partial charge in [0.05, 0.1) is 12.5 Å². The second kappa shape index (κ2) is 12.3. The maximum atomic E-state index is 12.4. The highest BCUT2D eigenvalue weighted by Gasteiger charge is 2.21. The second-order valence-corrected chi connectivity index (χ2v) is 9.63. The molecule has 208 valence electrons. The Morgan fingerprint density at radius 3 is 2.24 bits per heavy atom. The molecule has 8 nitrogen and oxygen atoms in total. The number of anilines is 3. The number of hydrogen-bond acceptors (Lipinski definition) is 6. The van der Waals surface area contributed by atoms with Crippen LogP contribution in [0.3, 0.4) is 0 Å². The Balaban J connectivity index is 1.15. The zero-order valence-corrected chi connectivity index (χ0v) is 23.0. The number of nitrogens with one attached hydrogen (secondary N) is 3. The number of rotatable bonds is 9. The first-order chi connectivity index (χ1) is 20.7. The topological polar surface area (TPSA) is 101 Å². The summed E-state index contributed by atoms with van der Waals surface area (Å²) in [5.41, 5.74) is 5.97. The molecule has 2 heterocycles. The molecule has 4 aromatic carbocycles. The molecule has 6 aromatic rings. The molecule has 2 amide bonds. The summed E-state index contributed by atoms with van der Waals surface area (Å²) in [5, 5.41) is 10.0. The van der Waals surface area contributed by atoms with Crippen LogP contribution in [0.4, 0.5) is 22.0 Å². The lowest BCUT2D eigenvalue weighted by molar-refractivity contribution is 0.262. The number of urea groups is 1. The fourth-order valence-corrected chi connectivity index (χ4v) is 4.81. The van der Waals surface area contributed by atoms with Gasteiger partial charge in [-0.3, -0.25) is 0 Å². The van der Waals surface area contributed by atoms with E-state index in [2.05, 4.69) is 38.1 Å². The van der Waals surface area contributed by atoms with Gasteiger partial charge in [-0.15, -0.1) is 0 Å². The van der Waals surface area contributed by atoms with Crippen molar-refractivity contribution in [3.05, 3.63) is 121 Å². The van der Waals surface area contributed by atoms with Crippen molar-refractivity contribution in [1.29, 1.82) is 0 Å². The third kappa shape index (κ3) is 5.93. The van der Waals surface area contributed by atoms with Crippen molar-refractivity contribution in [3.63, 3.8) is 0 Å². The molecule has 0 saturated heterocycles. The Hall–Kier alpha value is -5.63. The molecule has 2 aromatic heterocycles. The Labute approximate surface area is 243 Å². The summed E-state index contributed by atoms with van der Waals surface area (Å²) in [4.78, 5) is 21.5. The van der Waals surface area contributed by atoms with Gasteiger partial charge in [-0.05, 0) is 41.8 Å². The van der Waals surface area contributed by atoms with Gasteiger partial charge in [0, 0.05) is 35.1 Å². The van der Waals surface area contributed by atoms with Gasteiger partial charge in [0.2, 0.25) is 5.71 Å². The molecule has 3 N–H and O–H groups in total. The number of furan rings is 1. The van der Waals surface area contributed by atoms with Crippen molar-refractivity contribution in [2.24, 2.45) is 0 Å². The third-order valence-electron chi connectivity index (χ3n) is 6.83. The molecule has 0 radical (unpaired) electrons. The van der Waals surface area contributed by atoms with E-state index in [-0.39, 0.29) is 6.03 Å². The third-order valence-corrected chi connectivity index (χ3v) is 6.83. The zero-order chi connectivity index (χ0) is 28.7. The largest absolute Gasteiger partial charge is 0.497 e. The molecule has 8 heteroatoms. The van der Waals surface area contributed by atoms with E-state index >= 15 is 0 Å². The van der Waals surface area contributed by atoms with E-state index in [4.69, 9.17) is 9.15 Å². The van der Waals surface area contributed by atoms with E-state index < -0.39 is 0 Å². The molecule has 0 fully saturated rings. The molecule has 0 bridgehead atoms. The van der Waals surface area contributed by atoms with Crippen molar-refractivity contribution in [1.82, 2.24) is 9.97 Å². The predicted molar refractivity (Wildman–Crippen MR) is 167 cm³/mol. The minimum atomic E-state index is -0.324. The SMILES string of the molecule is COc1cccc(NC(=O)Nc2ccc(CCNc3ncnc4oc(-c5ccccc5)c(-c5ccccc5)c34)cc2)c1. The smallest absolute Gasteiger partial charge is 0.323 e. The normalized spacial score (nSPS) is 10.8. The summed E-state index contributed by atoms with van der Waals surface area (Å²) in [6.45, 7) is 0.648. The van der Waals surface area contributed by atoms with Crippen LogP contribution in [0, 0.1) is 0 Å². The van der Waals surface area contributed by atoms with Gasteiger partial charge in [0.15, 0.2) is 0 Å². The maximum absolute atomic E-state index is 12.4. The van der Waals surface area contributed by atoms with Crippen LogP contribution in [0.5, 0.6) is 5.75 Å². The van der Waals surface area contributed by atoms with Crippen LogP contribution in [0.15, 0.2) is 120 Å². The molecule has 0 atom stereocenters. The number of carbonyl (C=O) groups is 1. The van der Waals surface area contributed by atoms with E-state index in [0.29, 0.717) is 29.4 Å². The molecular weight excluding hydrogens is 526 g/mol. The summed E-state index contributed by atoms with van der Waals surface area (Å²) < 4.78 is 11.5. The lowest BCUT2D eigenvalue weighted by atomic mass is 9.99. The summed E-state index contributed by atoms with van der Waals surface area (Å²) in [5.74, 6) is 2.16. The van der Waals surface area contributed by atoms with Gasteiger partial charge in [-0.2, -0.15) is 0 Å². The Morgan fingerprint density at radius 1 is 0.786 bits per heavy atom. The number of ether oxygens (including phenoxy) is 1. The highest BCUT2D eigenvalue weighted by molar-refractivity contribution is 6.05. The Morgan fingerprint density at radius 2 is 1.50 bits per heavy atom. The Bertz CT molecular complexity index is 1800. The van der Waals surface area contributed by atoms with Crippen LogP contribution in [0.1, 0.15) is 5.56 Å². The van der Waals surface area contributed by atoms with Gasteiger partial charge in [0.25, 0.3) is 0 Å². The molecular formula is C34H29N5O3. The molecule has 6 rings (SSSR count). The van der Waals surface area contributed by atoms with Crippen LogP contribution < -0.4 is 20.7 Å². The minimum absolute atomic E-state index is 0.324. The first kappa shape index (κ1) is 26.6. The van der Waals surface area contributed by atoms with Crippen LogP contribution in [0.25, 0.3) is 33.6 Å². The lowest BCUT2D eigenvalue weighted by Gasteiger charge is -2.10. The van der Waals surface area contributed by atoms with Crippen molar-refractivity contribution in [2.45, 2.75) is 6.42 Å². The molecule has 0 aliphatic heterocycles. The van der Waals surface area contributed by atoms with Gasteiger partial charge in [-0.25, -0.2) is 14.8 Å². The van der Waals surface area contributed by atoms with E-state index in [0.717, 1.165) is 45.6 Å². The van der Waals surface area contributed by atoms with Crippen LogP contribution >= 0.6 is 0 Å². The average molecular weight is 556 g/mol. The summed E-state index contributed by atoms with van der Waals surface area (Å²) in [6, 6.07) is 34.9. The van der Waals surface area contributed by atoms with E-state index in [1.165, 1.54) is 6.33 Å². The van der Waals surface area contributed by atoms with E-state index in [1.807, 2.05) is 84.9 Å². The van der Waals surface area contributed by atoms with Crippen molar-refractivity contribution in [3.8, 4) is 28.2 Å². The summed E-state index contributed by atoms with van der Waals surface area (Å²) in [7, 11) is 1.59. The number of amides is 2. The fraction of sp³-hybridized carbons (Fsp3) is 0.0882. The second-order valence-electron chi connectivity index (χ2n) is 9.63. The van der Waals surface area contributed by atoms with Gasteiger partial charge in [-0.1, -0.05) is 78.9 Å². The van der Waals surface area contributed by atoms with Crippen LogP contribution in [-0.4, -0.2) is 29.7 Å². The molecule has 0 unspecified atom stereocenters. The molecule has 0 saturated carbocycles. The Kier molecular flexibility index (Phi) is 7.76. The van der Waals surface area contributed by atoms with Gasteiger partial charge < -0.3 is 25.1 Å². The summed E-state index contributed by atoms with van der Waals surface area (Å²) in [6.07, 6.45) is 2.28. The number of fused-ring (bicyclic) bond motifs is 1. The van der Waals surface area contributed by atoms with Gasteiger partial charge in [0.1, 0.15) is 23.7 Å². The molecule has 0 spiro atoms. The first-order valence-electron chi connectivity index (χ1n) is 13.6. The molecule has 0 aliphatic rings. The van der Waals surface area contributed by atoms with Crippen LogP contribution in [0.2, 0.25) is 0 Å². The first-order valence-corrected chi connectivity index (χ1v) is 13.6. The van der Waals surface area contributed by atoms with E-state index in [9.17, 15) is 4.79 Å². The fourth-order valence-electron chi connectivity index (χ4n) is 4.81. The van der Waals surface area contributed by atoms with E-state index in [1.54, 1.807) is 19.2 Å². The maximum Gasteiger partial charge on any atom is 0.323 e. The highest BCUT2D eigenvalue weighted by Crippen LogP contribution is 2.42. The highest BCUT2D eigenvalue weighted by atomic mass is 16.5. The summed E-state index contributed by atoms with van der Waals surface area (Å²) >= 11 is 0. The number of benzene rings is 4. The number of hydrogen-bond donors (Lipinski definition) is 3. The zero-order valence-electron chi connectivity index (χ0n) is 23.0. The molecule has 42 heavy (non-hydrogen) atoms. The van der Waals surface area contributed by atoms with Crippen molar-refractivity contribution >= 4 is 34.3 Å². The molecule has 0 aliphatic carbocycles. The minimum Gasteiger partial charge on any atom is -0.497 e. The monoisotopic (exact) mass is 555 g/mol. The van der Waals surface area contributed by atoms with Crippen LogP contribution in [-0.2, 0) is 6.42 Å². The van der Waals surface area contributed by atoms with Crippen molar-refractivity contribution in [2.75, 3.05) is 29.6 Å². The number of methoxy groups -OCH3 is 1. The predicted octanol–water partition coefficient (Wildman–Crippen LogP) is 7.86. The van der Waals surface area contributed by atoms with Gasteiger partial charge >= 0.3 is 6.03 Å². The number of nitrogens with zero attached hydrogens (tertiary/aromatic N) is 2. The average Bonchev–Trinajstić information content (AvgIpc) is 3.43. The standard InChI is InChI=1S/C34H29N5O3/c1-41-28-14-8-13-27(21-28)39-34(40)38-26-17-15-23(16-18-26)19-20-35-32-30-29(24-9-4-2-5-10-24)31(25-11-6-3-7-12-25)42-33(30)37-22-36-32/h2-18,21-22H,19-20H2,1H3,(H,35,36,37)(H2,38,39,40). The van der Waals surface area contributed by atoms with Crippen molar-refractivity contribution < 1.29 is 13.9 Å². The quantitative estimate of drug-likeness (QED) is 0.168. The number of carbonyl (C=O) groups excluding carboxylic acids is 1.